The van der Waals surface area contributed by atoms with E-state index in [1.807, 2.05) is 23.6 Å². The molecule has 2 N–H and O–H groups in total. The second-order valence-corrected chi connectivity index (χ2v) is 10.1. The van der Waals surface area contributed by atoms with Crippen molar-refractivity contribution in [3.63, 3.8) is 0 Å². The van der Waals surface area contributed by atoms with Crippen molar-refractivity contribution >= 4 is 44.8 Å². The van der Waals surface area contributed by atoms with Gasteiger partial charge in [-0.2, -0.15) is 4.98 Å². The number of piperazine rings is 1. The lowest BCUT2D eigenvalue weighted by molar-refractivity contribution is -0.111. The van der Waals surface area contributed by atoms with E-state index < -0.39 is 0 Å². The normalized spacial score (nSPS) is 14.3. The molecule has 0 atom stereocenters. The van der Waals surface area contributed by atoms with Gasteiger partial charge in [0, 0.05) is 50.2 Å². The number of ether oxygens (including phenoxy) is 1. The van der Waals surface area contributed by atoms with Crippen LogP contribution in [0, 0.1) is 0 Å². The molecule has 9 heteroatoms. The molecule has 4 aromatic rings. The molecule has 3 heterocycles. The molecule has 8 nitrogen and oxygen atoms in total. The van der Waals surface area contributed by atoms with E-state index in [1.165, 1.54) is 23.0 Å². The minimum Gasteiger partial charge on any atom is -0.437 e. The van der Waals surface area contributed by atoms with E-state index in [2.05, 4.69) is 68.2 Å². The number of thiophene rings is 1. The van der Waals surface area contributed by atoms with Crippen LogP contribution in [0.1, 0.15) is 12.5 Å². The molecule has 0 saturated carbocycles. The van der Waals surface area contributed by atoms with Crippen molar-refractivity contribution in [3.05, 3.63) is 78.2 Å². The van der Waals surface area contributed by atoms with E-state index in [1.54, 1.807) is 12.1 Å². The standard InChI is InChI=1S/C29H32N6O2S/c1-3-26(36)30-23-6-5-7-24(20-23)37-28-27-25(13-19-38-27)32-29(33-28)31-22-10-8-21(9-11-22)12-14-35-17-15-34(4-2)16-18-35/h3,5-11,13,19-20H,1,4,12,14-18H2,2H3,(H,30,36)(H,31,32,33). The Labute approximate surface area is 227 Å². The fraction of sp³-hybridized carbons (Fsp3) is 0.276. The quantitative estimate of drug-likeness (QED) is 0.262. The Morgan fingerprint density at radius 1 is 1.05 bits per heavy atom. The molecular formula is C29H32N6O2S. The van der Waals surface area contributed by atoms with Gasteiger partial charge in [0.1, 0.15) is 10.4 Å². The van der Waals surface area contributed by atoms with Gasteiger partial charge in [-0.25, -0.2) is 4.98 Å². The number of hydrogen-bond acceptors (Lipinski definition) is 8. The van der Waals surface area contributed by atoms with E-state index >= 15 is 0 Å². The van der Waals surface area contributed by atoms with Gasteiger partial charge >= 0.3 is 0 Å². The fourth-order valence-corrected chi connectivity index (χ4v) is 5.16. The number of likely N-dealkylation sites (N-methyl/N-ethyl adjacent to an activating group) is 1. The van der Waals surface area contributed by atoms with Gasteiger partial charge in [0.25, 0.3) is 0 Å². The second kappa shape index (κ2) is 12.2. The van der Waals surface area contributed by atoms with Crippen molar-refractivity contribution in [2.24, 2.45) is 0 Å². The maximum absolute atomic E-state index is 11.7. The van der Waals surface area contributed by atoms with Gasteiger partial charge in [-0.05, 0) is 60.3 Å². The highest BCUT2D eigenvalue weighted by Crippen LogP contribution is 2.33. The number of amides is 1. The maximum atomic E-state index is 11.7. The Hall–Kier alpha value is -3.79. The van der Waals surface area contributed by atoms with Crippen LogP contribution in [0.5, 0.6) is 11.6 Å². The highest BCUT2D eigenvalue weighted by atomic mass is 32.1. The molecule has 0 aliphatic carbocycles. The SMILES string of the molecule is C=CC(=O)Nc1cccc(Oc2nc(Nc3ccc(CCN4CCN(CC)CC4)cc3)nc3ccsc23)c1. The van der Waals surface area contributed by atoms with Crippen LogP contribution in [0.4, 0.5) is 17.3 Å². The summed E-state index contributed by atoms with van der Waals surface area (Å²) < 4.78 is 6.99. The second-order valence-electron chi connectivity index (χ2n) is 9.16. The summed E-state index contributed by atoms with van der Waals surface area (Å²) in [7, 11) is 0. The third-order valence-electron chi connectivity index (χ3n) is 6.61. The summed E-state index contributed by atoms with van der Waals surface area (Å²) >= 11 is 1.52. The number of aromatic nitrogens is 2. The number of nitrogens with zero attached hydrogens (tertiary/aromatic N) is 4. The van der Waals surface area contributed by atoms with Crippen molar-refractivity contribution in [2.45, 2.75) is 13.3 Å². The molecule has 196 valence electrons. The van der Waals surface area contributed by atoms with Crippen molar-refractivity contribution in [2.75, 3.05) is 49.9 Å². The summed E-state index contributed by atoms with van der Waals surface area (Å²) in [6.07, 6.45) is 2.26. The first-order valence-corrected chi connectivity index (χ1v) is 13.7. The molecule has 1 aliphatic heterocycles. The lowest BCUT2D eigenvalue weighted by Gasteiger charge is -2.34. The molecule has 2 aromatic heterocycles. The Balaban J connectivity index is 1.25. The summed E-state index contributed by atoms with van der Waals surface area (Å²) in [5.74, 6) is 1.20. The topological polar surface area (TPSA) is 82.6 Å². The van der Waals surface area contributed by atoms with Crippen LogP contribution < -0.4 is 15.4 Å². The Kier molecular flexibility index (Phi) is 8.28. The molecule has 38 heavy (non-hydrogen) atoms. The monoisotopic (exact) mass is 528 g/mol. The Bertz CT molecular complexity index is 1400. The summed E-state index contributed by atoms with van der Waals surface area (Å²) in [4.78, 5) is 26.0. The number of rotatable bonds is 10. The molecule has 0 spiro atoms. The molecule has 1 aliphatic rings. The van der Waals surface area contributed by atoms with Gasteiger partial charge in [0.05, 0.1) is 5.52 Å². The van der Waals surface area contributed by atoms with Crippen LogP contribution in [0.25, 0.3) is 10.2 Å². The van der Waals surface area contributed by atoms with Gasteiger partial charge in [-0.3, -0.25) is 4.79 Å². The van der Waals surface area contributed by atoms with E-state index in [0.29, 0.717) is 23.3 Å². The molecule has 1 fully saturated rings. The van der Waals surface area contributed by atoms with E-state index in [0.717, 1.165) is 61.6 Å². The maximum Gasteiger partial charge on any atom is 0.247 e. The molecule has 0 radical (unpaired) electrons. The van der Waals surface area contributed by atoms with Gasteiger partial charge in [0.2, 0.25) is 17.7 Å². The number of carbonyl (C=O) groups excluding carboxylic acids is 1. The summed E-state index contributed by atoms with van der Waals surface area (Å²) in [6.45, 7) is 12.6. The highest BCUT2D eigenvalue weighted by Gasteiger charge is 2.15. The molecule has 2 aromatic carbocycles. The van der Waals surface area contributed by atoms with Crippen molar-refractivity contribution in [1.82, 2.24) is 19.8 Å². The lowest BCUT2D eigenvalue weighted by Crippen LogP contribution is -2.46. The minimum absolute atomic E-state index is 0.280. The van der Waals surface area contributed by atoms with Crippen LogP contribution in [-0.4, -0.2) is 64.9 Å². The average Bonchev–Trinajstić information content (AvgIpc) is 3.42. The number of hydrogen-bond donors (Lipinski definition) is 2. The molecule has 1 saturated heterocycles. The number of anilines is 3. The van der Waals surface area contributed by atoms with Gasteiger partial charge < -0.3 is 25.2 Å². The number of carbonyl (C=O) groups is 1. The third-order valence-corrected chi connectivity index (χ3v) is 7.50. The van der Waals surface area contributed by atoms with Crippen LogP contribution in [0.3, 0.4) is 0 Å². The molecule has 0 unspecified atom stereocenters. The van der Waals surface area contributed by atoms with E-state index in [9.17, 15) is 4.79 Å². The fourth-order valence-electron chi connectivity index (χ4n) is 4.40. The minimum atomic E-state index is -0.280. The largest absolute Gasteiger partial charge is 0.437 e. The highest BCUT2D eigenvalue weighted by molar-refractivity contribution is 7.17. The van der Waals surface area contributed by atoms with Gasteiger partial charge in [-0.1, -0.05) is 31.7 Å². The zero-order valence-corrected chi connectivity index (χ0v) is 22.3. The van der Waals surface area contributed by atoms with E-state index in [-0.39, 0.29) is 5.91 Å². The van der Waals surface area contributed by atoms with E-state index in [4.69, 9.17) is 4.74 Å². The number of benzene rings is 2. The lowest BCUT2D eigenvalue weighted by atomic mass is 10.1. The van der Waals surface area contributed by atoms with Crippen LogP contribution in [-0.2, 0) is 11.2 Å². The Morgan fingerprint density at radius 3 is 2.61 bits per heavy atom. The first kappa shape index (κ1) is 25.8. The molecule has 0 bridgehead atoms. The van der Waals surface area contributed by atoms with Crippen molar-refractivity contribution < 1.29 is 9.53 Å². The number of nitrogens with one attached hydrogen (secondary N) is 2. The summed E-state index contributed by atoms with van der Waals surface area (Å²) in [5.41, 5.74) is 3.65. The van der Waals surface area contributed by atoms with Crippen LogP contribution in [0.2, 0.25) is 0 Å². The van der Waals surface area contributed by atoms with Crippen molar-refractivity contribution in [3.8, 4) is 11.6 Å². The predicted octanol–water partition coefficient (Wildman–Crippen LogP) is 5.53. The molecule has 5 rings (SSSR count). The molecule has 1 amide bonds. The zero-order valence-electron chi connectivity index (χ0n) is 21.5. The van der Waals surface area contributed by atoms with Gasteiger partial charge in [0.15, 0.2) is 0 Å². The summed E-state index contributed by atoms with van der Waals surface area (Å²) in [5, 5.41) is 8.03. The van der Waals surface area contributed by atoms with Crippen LogP contribution >= 0.6 is 11.3 Å². The molecular weight excluding hydrogens is 496 g/mol. The zero-order chi connectivity index (χ0) is 26.3. The predicted molar refractivity (Wildman–Crippen MR) is 155 cm³/mol. The smallest absolute Gasteiger partial charge is 0.247 e. The number of fused-ring (bicyclic) bond motifs is 1. The van der Waals surface area contributed by atoms with Crippen molar-refractivity contribution in [1.29, 1.82) is 0 Å². The Morgan fingerprint density at radius 2 is 1.84 bits per heavy atom. The van der Waals surface area contributed by atoms with Gasteiger partial charge in [-0.15, -0.1) is 11.3 Å². The summed E-state index contributed by atoms with van der Waals surface area (Å²) in [6, 6.07) is 17.6. The third kappa shape index (κ3) is 6.55. The first-order chi connectivity index (χ1) is 18.6. The van der Waals surface area contributed by atoms with Crippen LogP contribution in [0.15, 0.2) is 72.6 Å². The average molecular weight is 529 g/mol. The first-order valence-electron chi connectivity index (χ1n) is 12.9.